The van der Waals surface area contributed by atoms with E-state index in [-0.39, 0.29) is 35.1 Å². The van der Waals surface area contributed by atoms with Crippen LogP contribution in [0.15, 0.2) is 38.5 Å². The summed E-state index contributed by atoms with van der Waals surface area (Å²) >= 11 is 13.9. The largest absolute Gasteiger partial charge is 0.393 e. The number of fused-ring (bicyclic) bond motifs is 2. The molecule has 10 heteroatoms. The van der Waals surface area contributed by atoms with Crippen LogP contribution in [0.2, 0.25) is 5.02 Å². The van der Waals surface area contributed by atoms with E-state index in [4.69, 9.17) is 26.5 Å². The van der Waals surface area contributed by atoms with Gasteiger partial charge in [0.15, 0.2) is 0 Å². The van der Waals surface area contributed by atoms with Crippen molar-refractivity contribution in [2.45, 2.75) is 89.2 Å². The van der Waals surface area contributed by atoms with Gasteiger partial charge in [-0.2, -0.15) is 0 Å². The molecule has 2 heterocycles. The Balaban J connectivity index is 0.000000533. The fourth-order valence-electron chi connectivity index (χ4n) is 6.37. The van der Waals surface area contributed by atoms with Crippen molar-refractivity contribution in [3.05, 3.63) is 60.7 Å². The van der Waals surface area contributed by atoms with E-state index in [1.54, 1.807) is 0 Å². The highest BCUT2D eigenvalue weighted by Crippen LogP contribution is 2.49. The summed E-state index contributed by atoms with van der Waals surface area (Å²) in [6.45, 7) is 8.72. The number of oxime groups is 1. The Bertz CT molecular complexity index is 1360. The number of benzene rings is 1. The number of nitrogens with zero attached hydrogens (tertiary/aromatic N) is 3. The lowest BCUT2D eigenvalue weighted by Gasteiger charge is -2.40. The molecule has 5 rings (SSSR count). The number of carbonyl (C=O) groups is 1. The number of halogens is 3. The molecule has 256 valence electrons. The number of likely N-dealkylation sites (tertiary alicyclic amines) is 1. The molecular weight excluding hydrogens is 750 g/mol. The molecule has 2 aliphatic carbocycles. The Hall–Kier alpha value is -1.13. The van der Waals surface area contributed by atoms with Gasteiger partial charge in [0.2, 0.25) is 5.91 Å². The summed E-state index contributed by atoms with van der Waals surface area (Å²) in [4.78, 5) is 25.4. The predicted molar refractivity (Wildman–Crippen MR) is 202 cm³/mol. The Morgan fingerprint density at radius 1 is 1.04 bits per heavy atom. The molecule has 0 unspecified atom stereocenters. The predicted octanol–water partition coefficient (Wildman–Crippen LogP) is 9.15. The van der Waals surface area contributed by atoms with Crippen molar-refractivity contribution in [3.63, 3.8) is 0 Å². The van der Waals surface area contributed by atoms with Crippen LogP contribution in [-0.2, 0) is 22.5 Å². The Labute approximate surface area is 300 Å². The summed E-state index contributed by atoms with van der Waals surface area (Å²) in [6, 6.07) is 6.34. The number of aromatic nitrogens is 1. The highest BCUT2D eigenvalue weighted by molar-refractivity contribution is 9.10. The van der Waals surface area contributed by atoms with E-state index in [9.17, 15) is 4.79 Å². The number of rotatable bonds is 6. The highest BCUT2D eigenvalue weighted by Gasteiger charge is 2.36. The molecule has 1 saturated carbocycles. The number of aryl methyl sites for hydroxylation is 2. The molecule has 1 atom stereocenters. The molecule has 1 amide bonds. The number of hydrogen-bond donors (Lipinski definition) is 1. The SMILES string of the molecule is CC(C)(C)S(C)(C)C.O=C(CC1CCC(=NOCCO)CC1)N1CCC([C@H]2c3ncc(Br)cc3CCc3cc(Cl)cc(Br)c32)CC1. The molecule has 1 N–H and O–H groups in total. The third kappa shape index (κ3) is 9.96. The van der Waals surface area contributed by atoms with E-state index in [0.29, 0.717) is 23.0 Å². The van der Waals surface area contributed by atoms with Crippen LogP contribution in [0.25, 0.3) is 0 Å². The lowest BCUT2D eigenvalue weighted by atomic mass is 9.76. The van der Waals surface area contributed by atoms with Crippen LogP contribution in [0.3, 0.4) is 0 Å². The minimum atomic E-state index is -0.340. The van der Waals surface area contributed by atoms with Crippen LogP contribution in [0.5, 0.6) is 0 Å². The summed E-state index contributed by atoms with van der Waals surface area (Å²) in [5.41, 5.74) is 6.12. The van der Waals surface area contributed by atoms with Crippen molar-refractivity contribution < 1.29 is 14.7 Å². The van der Waals surface area contributed by atoms with Crippen molar-refractivity contribution in [1.82, 2.24) is 9.88 Å². The summed E-state index contributed by atoms with van der Waals surface area (Å²) < 4.78 is 2.59. The zero-order valence-electron chi connectivity index (χ0n) is 28.4. The number of amides is 1. The smallest absolute Gasteiger partial charge is 0.222 e. The Kier molecular flexibility index (Phi) is 13.5. The van der Waals surface area contributed by atoms with Crippen LogP contribution in [-0.4, -0.2) is 76.4 Å². The maximum Gasteiger partial charge on any atom is 0.222 e. The van der Waals surface area contributed by atoms with Gasteiger partial charge in [-0.1, -0.05) is 53.5 Å². The van der Waals surface area contributed by atoms with Crippen molar-refractivity contribution in [1.29, 1.82) is 0 Å². The van der Waals surface area contributed by atoms with E-state index in [0.717, 1.165) is 84.1 Å². The third-order valence-electron chi connectivity index (χ3n) is 10.1. The summed E-state index contributed by atoms with van der Waals surface area (Å²) in [5.74, 6) is 1.28. The molecule has 0 bridgehead atoms. The van der Waals surface area contributed by atoms with Crippen LogP contribution in [0.1, 0.15) is 94.0 Å². The molecule has 2 fully saturated rings. The standard InChI is InChI=1S/C29H34Br2ClN3O3.C7H18S/c30-22-14-21-4-3-20-15-23(32)16-25(31)27(20)28(29(21)33-17-22)19-7-9-35(10-8-19)26(37)13-18-1-5-24(6-2-18)34-38-12-11-36;1-7(2,3)8(4,5)6/h14-19,28,36H,1-13H2;1-6H3/t18?,28-;/m1./s1. The summed E-state index contributed by atoms with van der Waals surface area (Å²) in [6.07, 6.45) is 17.1. The maximum absolute atomic E-state index is 13.2. The average Bonchev–Trinajstić information content (AvgIpc) is 3.14. The first-order valence-electron chi connectivity index (χ1n) is 16.5. The van der Waals surface area contributed by atoms with Crippen molar-refractivity contribution in [3.8, 4) is 0 Å². The number of pyridine rings is 1. The van der Waals surface area contributed by atoms with Crippen molar-refractivity contribution in [2.75, 3.05) is 45.1 Å². The first-order valence-corrected chi connectivity index (χ1v) is 21.4. The molecule has 0 spiro atoms. The fourth-order valence-corrected chi connectivity index (χ4v) is 7.87. The molecule has 46 heavy (non-hydrogen) atoms. The lowest BCUT2D eigenvalue weighted by Crippen LogP contribution is -2.41. The number of carbonyl (C=O) groups excluding carboxylic acids is 1. The highest BCUT2D eigenvalue weighted by atomic mass is 79.9. The quantitative estimate of drug-likeness (QED) is 0.234. The zero-order chi connectivity index (χ0) is 33.6. The topological polar surface area (TPSA) is 75.0 Å². The molecule has 1 aliphatic heterocycles. The molecule has 1 saturated heterocycles. The third-order valence-corrected chi connectivity index (χ3v) is 15.1. The van der Waals surface area contributed by atoms with Crippen LogP contribution >= 0.6 is 53.5 Å². The number of piperidine rings is 1. The van der Waals surface area contributed by atoms with Crippen molar-refractivity contribution >= 4 is 65.1 Å². The number of aliphatic hydroxyl groups is 1. The second kappa shape index (κ2) is 16.5. The molecule has 3 aliphatic rings. The Morgan fingerprint density at radius 2 is 1.67 bits per heavy atom. The second-order valence-electron chi connectivity index (χ2n) is 14.7. The van der Waals surface area contributed by atoms with Gasteiger partial charge in [-0.15, -0.1) is 0 Å². The first kappa shape index (κ1) is 37.7. The first-order chi connectivity index (χ1) is 21.7. The van der Waals surface area contributed by atoms with Crippen LogP contribution < -0.4 is 0 Å². The summed E-state index contributed by atoms with van der Waals surface area (Å²) in [7, 11) is -0.340. The minimum Gasteiger partial charge on any atom is -0.393 e. The van der Waals surface area contributed by atoms with Crippen LogP contribution in [0.4, 0.5) is 0 Å². The maximum atomic E-state index is 13.2. The molecule has 1 aromatic heterocycles. The van der Waals surface area contributed by atoms with E-state index >= 15 is 0 Å². The van der Waals surface area contributed by atoms with Gasteiger partial charge in [-0.3, -0.25) is 9.78 Å². The normalized spacial score (nSPS) is 20.9. The van der Waals surface area contributed by atoms with Crippen molar-refractivity contribution in [2.24, 2.45) is 17.0 Å². The molecule has 0 radical (unpaired) electrons. The van der Waals surface area contributed by atoms with Gasteiger partial charge in [0, 0.05) is 45.6 Å². The summed E-state index contributed by atoms with van der Waals surface area (Å²) in [5, 5.41) is 13.7. The van der Waals surface area contributed by atoms with Gasteiger partial charge < -0.3 is 14.8 Å². The average molecular weight is 802 g/mol. The van der Waals surface area contributed by atoms with Crippen LogP contribution in [0, 0.1) is 11.8 Å². The molecule has 1 aromatic carbocycles. The monoisotopic (exact) mass is 799 g/mol. The van der Waals surface area contributed by atoms with E-state index in [1.807, 2.05) is 12.3 Å². The molecule has 2 aromatic rings. The molecule has 6 nitrogen and oxygen atoms in total. The number of aliphatic hydroxyl groups excluding tert-OH is 1. The second-order valence-corrected chi connectivity index (χ2v) is 21.8. The molecular formula is C36H52Br2ClN3O3S. The number of hydrogen-bond acceptors (Lipinski definition) is 5. The Morgan fingerprint density at radius 3 is 2.28 bits per heavy atom. The lowest BCUT2D eigenvalue weighted by molar-refractivity contribution is -0.133. The van der Waals surface area contributed by atoms with E-state index < -0.39 is 0 Å². The van der Waals surface area contributed by atoms with E-state index in [1.165, 1.54) is 22.4 Å². The van der Waals surface area contributed by atoms with Gasteiger partial charge >= 0.3 is 0 Å². The zero-order valence-corrected chi connectivity index (χ0v) is 33.1. The van der Waals surface area contributed by atoms with Gasteiger partial charge in [0.25, 0.3) is 0 Å². The van der Waals surface area contributed by atoms with Gasteiger partial charge in [0.1, 0.15) is 6.61 Å². The fraction of sp³-hybridized carbons (Fsp3) is 0.639. The van der Waals surface area contributed by atoms with Gasteiger partial charge in [0.05, 0.1) is 18.0 Å². The minimum absolute atomic E-state index is 0.0235. The van der Waals surface area contributed by atoms with Gasteiger partial charge in [-0.25, -0.2) is 10.0 Å². The van der Waals surface area contributed by atoms with E-state index in [2.05, 4.69) is 93.6 Å². The van der Waals surface area contributed by atoms with Gasteiger partial charge in [-0.05, 0) is 138 Å².